The minimum absolute atomic E-state index is 0.371. The largest absolute Gasteiger partial charge is 0.489 e. The van der Waals surface area contributed by atoms with E-state index in [0.717, 1.165) is 39.8 Å². The number of hydrogen-bond acceptors (Lipinski definition) is 7. The van der Waals surface area contributed by atoms with Crippen molar-refractivity contribution < 1.29 is 4.74 Å². The number of fused-ring (bicyclic) bond motifs is 1. The fourth-order valence-electron chi connectivity index (χ4n) is 3.70. The van der Waals surface area contributed by atoms with Crippen molar-refractivity contribution in [2.24, 2.45) is 0 Å². The van der Waals surface area contributed by atoms with Crippen LogP contribution in [0.5, 0.6) is 5.75 Å². The predicted octanol–water partition coefficient (Wildman–Crippen LogP) is 5.12. The molecule has 0 bridgehead atoms. The molecule has 34 heavy (non-hydrogen) atoms. The Kier molecular flexibility index (Phi) is 5.78. The van der Waals surface area contributed by atoms with E-state index in [1.54, 1.807) is 12.3 Å². The summed E-state index contributed by atoms with van der Waals surface area (Å²) in [4.78, 5) is 13.2. The first-order chi connectivity index (χ1) is 16.6. The molecule has 0 fully saturated rings. The van der Waals surface area contributed by atoms with E-state index in [9.17, 15) is 0 Å². The summed E-state index contributed by atoms with van der Waals surface area (Å²) in [5.74, 6) is 1.69. The summed E-state index contributed by atoms with van der Waals surface area (Å²) in [5, 5.41) is 8.75. The highest BCUT2D eigenvalue weighted by molar-refractivity contribution is 5.80. The zero-order valence-corrected chi connectivity index (χ0v) is 19.1. The zero-order chi connectivity index (χ0) is 23.5. The zero-order valence-electron chi connectivity index (χ0n) is 19.1. The molecule has 8 heteroatoms. The highest BCUT2D eigenvalue weighted by atomic mass is 16.5. The third kappa shape index (κ3) is 4.80. The Hall–Kier alpha value is -4.46. The van der Waals surface area contributed by atoms with Crippen LogP contribution in [-0.2, 0) is 13.2 Å². The molecule has 0 aliphatic rings. The molecule has 8 nitrogen and oxygen atoms in total. The smallest absolute Gasteiger partial charge is 0.227 e. The molecule has 3 aromatic heterocycles. The Labute approximate surface area is 197 Å². The van der Waals surface area contributed by atoms with E-state index in [4.69, 9.17) is 10.5 Å². The number of aryl methyl sites for hydroxylation is 2. The van der Waals surface area contributed by atoms with Crippen LogP contribution in [0.3, 0.4) is 0 Å². The van der Waals surface area contributed by atoms with Crippen molar-refractivity contribution in [3.63, 3.8) is 0 Å². The van der Waals surface area contributed by atoms with Gasteiger partial charge in [0.25, 0.3) is 0 Å². The van der Waals surface area contributed by atoms with Crippen LogP contribution in [0, 0.1) is 6.92 Å². The normalized spacial score (nSPS) is 11.0. The van der Waals surface area contributed by atoms with Crippen molar-refractivity contribution in [3.05, 3.63) is 84.4 Å². The Morgan fingerprint density at radius 3 is 2.74 bits per heavy atom. The SMILES string of the molecule is CCn1cc(-c2cc(Nc3ncc4cc(C)ccc4n3)cc(OCc3ccnc(N)c3)c2)cn1. The Morgan fingerprint density at radius 2 is 1.91 bits per heavy atom. The van der Waals surface area contributed by atoms with Gasteiger partial charge >= 0.3 is 0 Å². The van der Waals surface area contributed by atoms with Gasteiger partial charge in [0.1, 0.15) is 18.2 Å². The maximum absolute atomic E-state index is 6.11. The highest BCUT2D eigenvalue weighted by Crippen LogP contribution is 2.30. The van der Waals surface area contributed by atoms with Gasteiger partial charge in [0.2, 0.25) is 5.95 Å². The fraction of sp³-hybridized carbons (Fsp3) is 0.154. The molecule has 170 valence electrons. The molecule has 0 aliphatic carbocycles. The number of nitrogen functional groups attached to an aromatic ring is 1. The maximum Gasteiger partial charge on any atom is 0.227 e. The lowest BCUT2D eigenvalue weighted by molar-refractivity contribution is 0.306. The average molecular weight is 452 g/mol. The van der Waals surface area contributed by atoms with Gasteiger partial charge in [-0.15, -0.1) is 0 Å². The standard InChI is InChI=1S/C26H25N7O/c1-3-33-15-21(14-30-33)19-10-22(12-23(11-19)34-16-18-6-7-28-25(27)9-18)31-26-29-13-20-8-17(2)4-5-24(20)32-26/h4-15H,3,16H2,1-2H3,(H2,27,28)(H,29,31,32). The number of aromatic nitrogens is 5. The van der Waals surface area contributed by atoms with E-state index in [0.29, 0.717) is 24.1 Å². The van der Waals surface area contributed by atoms with Gasteiger partial charge in [0.05, 0.1) is 11.7 Å². The summed E-state index contributed by atoms with van der Waals surface area (Å²) in [7, 11) is 0. The summed E-state index contributed by atoms with van der Waals surface area (Å²) in [6.07, 6.45) is 7.37. The number of ether oxygens (including phenoxy) is 1. The molecular weight excluding hydrogens is 426 g/mol. The number of nitrogens with one attached hydrogen (secondary N) is 1. The van der Waals surface area contributed by atoms with Crippen molar-refractivity contribution in [1.29, 1.82) is 0 Å². The van der Waals surface area contributed by atoms with Crippen molar-refractivity contribution in [2.45, 2.75) is 27.0 Å². The van der Waals surface area contributed by atoms with Gasteiger partial charge in [-0.25, -0.2) is 15.0 Å². The van der Waals surface area contributed by atoms with Crippen LogP contribution in [-0.4, -0.2) is 24.7 Å². The lowest BCUT2D eigenvalue weighted by Gasteiger charge is -2.12. The van der Waals surface area contributed by atoms with Gasteiger partial charge in [-0.1, -0.05) is 11.6 Å². The van der Waals surface area contributed by atoms with Crippen LogP contribution in [0.4, 0.5) is 17.5 Å². The summed E-state index contributed by atoms with van der Waals surface area (Å²) in [6.45, 7) is 5.28. The Bertz CT molecular complexity index is 1460. The van der Waals surface area contributed by atoms with E-state index >= 15 is 0 Å². The first-order valence-corrected chi connectivity index (χ1v) is 11.1. The lowest BCUT2D eigenvalue weighted by atomic mass is 10.1. The van der Waals surface area contributed by atoms with E-state index < -0.39 is 0 Å². The number of anilines is 3. The molecule has 5 rings (SSSR count). The van der Waals surface area contributed by atoms with Crippen LogP contribution in [0.25, 0.3) is 22.0 Å². The molecule has 0 amide bonds. The average Bonchev–Trinajstić information content (AvgIpc) is 3.32. The second-order valence-electron chi connectivity index (χ2n) is 8.09. The van der Waals surface area contributed by atoms with Crippen LogP contribution in [0.1, 0.15) is 18.1 Å². The lowest BCUT2D eigenvalue weighted by Crippen LogP contribution is -2.00. The van der Waals surface area contributed by atoms with E-state index in [2.05, 4.69) is 45.3 Å². The van der Waals surface area contributed by atoms with E-state index in [1.165, 1.54) is 5.56 Å². The first-order valence-electron chi connectivity index (χ1n) is 11.1. The number of pyridine rings is 1. The van der Waals surface area contributed by atoms with Gasteiger partial charge in [0.15, 0.2) is 0 Å². The number of rotatable bonds is 7. The summed E-state index contributed by atoms with van der Waals surface area (Å²) in [5.41, 5.74) is 11.6. The molecule has 3 heterocycles. The van der Waals surface area contributed by atoms with Crippen molar-refractivity contribution in [2.75, 3.05) is 11.1 Å². The third-order valence-corrected chi connectivity index (χ3v) is 5.44. The quantitative estimate of drug-likeness (QED) is 0.354. The van der Waals surface area contributed by atoms with Crippen LogP contribution >= 0.6 is 0 Å². The van der Waals surface area contributed by atoms with Gasteiger partial charge < -0.3 is 15.8 Å². The van der Waals surface area contributed by atoms with Gasteiger partial charge in [-0.05, 0) is 61.4 Å². The van der Waals surface area contributed by atoms with Crippen molar-refractivity contribution in [1.82, 2.24) is 24.7 Å². The molecule has 0 saturated heterocycles. The summed E-state index contributed by atoms with van der Waals surface area (Å²) in [6, 6.07) is 15.8. The minimum atomic E-state index is 0.371. The molecule has 2 aromatic carbocycles. The third-order valence-electron chi connectivity index (χ3n) is 5.44. The molecular formula is C26H25N7O. The topological polar surface area (TPSA) is 104 Å². The van der Waals surface area contributed by atoms with Crippen LogP contribution in [0.2, 0.25) is 0 Å². The van der Waals surface area contributed by atoms with Crippen LogP contribution < -0.4 is 15.8 Å². The molecule has 0 radical (unpaired) electrons. The number of hydrogen-bond donors (Lipinski definition) is 2. The number of benzene rings is 2. The fourth-order valence-corrected chi connectivity index (χ4v) is 3.70. The van der Waals surface area contributed by atoms with Gasteiger partial charge in [0, 0.05) is 47.8 Å². The Morgan fingerprint density at radius 1 is 1.00 bits per heavy atom. The van der Waals surface area contributed by atoms with E-state index in [1.807, 2.05) is 59.7 Å². The molecule has 0 aliphatic heterocycles. The Balaban J connectivity index is 1.46. The maximum atomic E-state index is 6.11. The van der Waals surface area contributed by atoms with Crippen molar-refractivity contribution in [3.8, 4) is 16.9 Å². The van der Waals surface area contributed by atoms with Gasteiger partial charge in [-0.3, -0.25) is 4.68 Å². The summed E-state index contributed by atoms with van der Waals surface area (Å²) < 4.78 is 8.01. The predicted molar refractivity (Wildman–Crippen MR) is 134 cm³/mol. The second kappa shape index (κ2) is 9.19. The molecule has 0 unspecified atom stereocenters. The minimum Gasteiger partial charge on any atom is -0.489 e. The number of nitrogens with two attached hydrogens (primary N) is 1. The monoisotopic (exact) mass is 451 g/mol. The first kappa shape index (κ1) is 21.4. The van der Waals surface area contributed by atoms with Gasteiger partial charge in [-0.2, -0.15) is 5.10 Å². The molecule has 0 saturated carbocycles. The molecule has 0 atom stereocenters. The summed E-state index contributed by atoms with van der Waals surface area (Å²) >= 11 is 0. The molecule has 5 aromatic rings. The second-order valence-corrected chi connectivity index (χ2v) is 8.09. The molecule has 3 N–H and O–H groups in total. The number of nitrogens with zero attached hydrogens (tertiary/aromatic N) is 5. The molecule has 0 spiro atoms. The highest BCUT2D eigenvalue weighted by Gasteiger charge is 2.09. The van der Waals surface area contributed by atoms with E-state index in [-0.39, 0.29) is 0 Å². The van der Waals surface area contributed by atoms with Crippen LogP contribution in [0.15, 0.2) is 73.3 Å². The van der Waals surface area contributed by atoms with Crippen molar-refractivity contribution >= 4 is 28.4 Å².